The van der Waals surface area contributed by atoms with Crippen molar-refractivity contribution in [3.05, 3.63) is 52.8 Å². The first-order valence-electron chi connectivity index (χ1n) is 7.41. The summed E-state index contributed by atoms with van der Waals surface area (Å²) in [4.78, 5) is 12.2. The summed E-state index contributed by atoms with van der Waals surface area (Å²) in [6.07, 6.45) is 0. The fourth-order valence-corrected chi connectivity index (χ4v) is 2.46. The van der Waals surface area contributed by atoms with E-state index in [0.29, 0.717) is 18.0 Å². The Balaban J connectivity index is 1.56. The van der Waals surface area contributed by atoms with Gasteiger partial charge >= 0.3 is 0 Å². The number of nitrogens with one attached hydrogen (secondary N) is 2. The summed E-state index contributed by atoms with van der Waals surface area (Å²) in [7, 11) is 0. The second-order valence-corrected chi connectivity index (χ2v) is 5.81. The van der Waals surface area contributed by atoms with Crippen LogP contribution in [0, 0.1) is 5.82 Å². The van der Waals surface area contributed by atoms with Gasteiger partial charge in [0.1, 0.15) is 5.82 Å². The van der Waals surface area contributed by atoms with Crippen LogP contribution < -0.4 is 20.1 Å². The second-order valence-electron chi connectivity index (χ2n) is 5.40. The monoisotopic (exact) mass is 350 g/mol. The topological polar surface area (TPSA) is 59.6 Å². The van der Waals surface area contributed by atoms with Gasteiger partial charge in [0.15, 0.2) is 11.5 Å². The molecule has 1 heterocycles. The van der Waals surface area contributed by atoms with Crippen LogP contribution in [0.25, 0.3) is 0 Å². The maximum atomic E-state index is 13.0. The van der Waals surface area contributed by atoms with Crippen molar-refractivity contribution in [1.29, 1.82) is 0 Å². The first-order valence-corrected chi connectivity index (χ1v) is 7.78. The van der Waals surface area contributed by atoms with Gasteiger partial charge in [-0.2, -0.15) is 0 Å². The Morgan fingerprint density at radius 2 is 2.04 bits per heavy atom. The number of anilines is 1. The number of rotatable bonds is 5. The lowest BCUT2D eigenvalue weighted by molar-refractivity contribution is -0.117. The Hall–Kier alpha value is -2.31. The van der Waals surface area contributed by atoms with E-state index in [0.717, 1.165) is 17.4 Å². The molecule has 0 unspecified atom stereocenters. The van der Waals surface area contributed by atoms with Gasteiger partial charge in [0, 0.05) is 6.54 Å². The molecule has 126 valence electrons. The number of carbonyl (C=O) groups excluding carboxylic acids is 1. The summed E-state index contributed by atoms with van der Waals surface area (Å²) in [5.41, 5.74) is 1.35. The molecule has 2 N–H and O–H groups in total. The summed E-state index contributed by atoms with van der Waals surface area (Å²) >= 11 is 5.90. The Morgan fingerprint density at radius 3 is 2.83 bits per heavy atom. The molecule has 2 aromatic rings. The molecule has 1 amide bonds. The molecule has 3 rings (SSSR count). The van der Waals surface area contributed by atoms with E-state index >= 15 is 0 Å². The molecule has 0 aliphatic carbocycles. The summed E-state index contributed by atoms with van der Waals surface area (Å²) in [6.45, 7) is 2.45. The standard InChI is InChI=1S/C17H16ClFN2O3/c1-10(17(22)21-14-4-3-12(19)7-13(14)18)20-8-11-2-5-15-16(6-11)24-9-23-15/h2-7,10,20H,8-9H2,1H3,(H,21,22)/t10-/m0/s1. The minimum atomic E-state index is -0.462. The van der Waals surface area contributed by atoms with Gasteiger partial charge in [-0.25, -0.2) is 4.39 Å². The summed E-state index contributed by atoms with van der Waals surface area (Å²) in [5.74, 6) is 0.705. The maximum Gasteiger partial charge on any atom is 0.241 e. The van der Waals surface area contributed by atoms with E-state index in [2.05, 4.69) is 10.6 Å². The predicted octanol–water partition coefficient (Wildman–Crippen LogP) is 3.32. The van der Waals surface area contributed by atoms with Crippen LogP contribution in [0.1, 0.15) is 12.5 Å². The van der Waals surface area contributed by atoms with Gasteiger partial charge in [0.2, 0.25) is 12.7 Å². The number of benzene rings is 2. The average Bonchev–Trinajstić information content (AvgIpc) is 3.02. The van der Waals surface area contributed by atoms with Gasteiger partial charge in [-0.3, -0.25) is 4.79 Å². The molecular formula is C17H16ClFN2O3. The zero-order chi connectivity index (χ0) is 17.1. The number of ether oxygens (including phenoxy) is 2. The fourth-order valence-electron chi connectivity index (χ4n) is 2.25. The molecule has 7 heteroatoms. The van der Waals surface area contributed by atoms with Crippen LogP contribution in [0.3, 0.4) is 0 Å². The van der Waals surface area contributed by atoms with Gasteiger partial charge in [0.05, 0.1) is 16.8 Å². The third kappa shape index (κ3) is 3.77. The lowest BCUT2D eigenvalue weighted by Gasteiger charge is -2.15. The van der Waals surface area contributed by atoms with Crippen molar-refractivity contribution >= 4 is 23.2 Å². The largest absolute Gasteiger partial charge is 0.454 e. The van der Waals surface area contributed by atoms with Crippen LogP contribution in [0.5, 0.6) is 11.5 Å². The van der Waals surface area contributed by atoms with Gasteiger partial charge in [-0.05, 0) is 42.8 Å². The first-order chi connectivity index (χ1) is 11.5. The average molecular weight is 351 g/mol. The van der Waals surface area contributed by atoms with Crippen molar-refractivity contribution < 1.29 is 18.7 Å². The lowest BCUT2D eigenvalue weighted by Crippen LogP contribution is -2.37. The Morgan fingerprint density at radius 1 is 1.25 bits per heavy atom. The van der Waals surface area contributed by atoms with E-state index in [1.54, 1.807) is 6.92 Å². The van der Waals surface area contributed by atoms with Gasteiger partial charge in [0.25, 0.3) is 0 Å². The second kappa shape index (κ2) is 7.07. The van der Waals surface area contributed by atoms with Crippen molar-refractivity contribution in [2.45, 2.75) is 19.5 Å². The zero-order valence-electron chi connectivity index (χ0n) is 12.9. The summed E-state index contributed by atoms with van der Waals surface area (Å²) < 4.78 is 23.6. The van der Waals surface area contributed by atoms with Gasteiger partial charge < -0.3 is 20.1 Å². The van der Waals surface area contributed by atoms with Crippen molar-refractivity contribution in [2.24, 2.45) is 0 Å². The van der Waals surface area contributed by atoms with E-state index in [4.69, 9.17) is 21.1 Å². The molecule has 0 fully saturated rings. The highest BCUT2D eigenvalue weighted by molar-refractivity contribution is 6.33. The Bertz CT molecular complexity index is 769. The Kier molecular flexibility index (Phi) is 4.87. The van der Waals surface area contributed by atoms with Crippen LogP contribution in [0.4, 0.5) is 10.1 Å². The minimum Gasteiger partial charge on any atom is -0.454 e. The smallest absolute Gasteiger partial charge is 0.241 e. The predicted molar refractivity (Wildman–Crippen MR) is 88.9 cm³/mol. The van der Waals surface area contributed by atoms with Crippen molar-refractivity contribution in [3.63, 3.8) is 0 Å². The van der Waals surface area contributed by atoms with E-state index in [1.165, 1.54) is 12.1 Å². The van der Waals surface area contributed by atoms with E-state index in [1.807, 2.05) is 18.2 Å². The molecule has 1 aliphatic rings. The van der Waals surface area contributed by atoms with Gasteiger partial charge in [-0.1, -0.05) is 17.7 Å². The molecule has 0 radical (unpaired) electrons. The highest BCUT2D eigenvalue weighted by atomic mass is 35.5. The number of fused-ring (bicyclic) bond motifs is 1. The van der Waals surface area contributed by atoms with Crippen LogP contribution in [-0.2, 0) is 11.3 Å². The van der Waals surface area contributed by atoms with Crippen LogP contribution in [0.2, 0.25) is 5.02 Å². The van der Waals surface area contributed by atoms with Crippen molar-refractivity contribution in [1.82, 2.24) is 5.32 Å². The lowest BCUT2D eigenvalue weighted by atomic mass is 10.2. The van der Waals surface area contributed by atoms with Crippen LogP contribution in [0.15, 0.2) is 36.4 Å². The van der Waals surface area contributed by atoms with Crippen LogP contribution >= 0.6 is 11.6 Å². The normalized spacial score (nSPS) is 13.6. The van der Waals surface area contributed by atoms with Gasteiger partial charge in [-0.15, -0.1) is 0 Å². The molecule has 5 nitrogen and oxygen atoms in total. The molecule has 0 spiro atoms. The summed E-state index contributed by atoms with van der Waals surface area (Å²) in [5, 5.41) is 5.94. The first kappa shape index (κ1) is 16.5. The molecule has 1 aliphatic heterocycles. The molecule has 24 heavy (non-hydrogen) atoms. The molecule has 1 atom stereocenters. The number of amides is 1. The molecule has 0 saturated carbocycles. The van der Waals surface area contributed by atoms with E-state index in [-0.39, 0.29) is 17.7 Å². The Labute approximate surface area is 143 Å². The summed E-state index contributed by atoms with van der Waals surface area (Å²) in [6, 6.07) is 8.98. The highest BCUT2D eigenvalue weighted by Gasteiger charge is 2.16. The third-order valence-corrected chi connectivity index (χ3v) is 3.94. The SMILES string of the molecule is C[C@H](NCc1ccc2c(c1)OCO2)C(=O)Nc1ccc(F)cc1Cl. The van der Waals surface area contributed by atoms with Crippen molar-refractivity contribution in [3.8, 4) is 11.5 Å². The number of carbonyl (C=O) groups is 1. The third-order valence-electron chi connectivity index (χ3n) is 3.63. The molecule has 2 aromatic carbocycles. The minimum absolute atomic E-state index is 0.159. The van der Waals surface area contributed by atoms with Crippen molar-refractivity contribution in [2.75, 3.05) is 12.1 Å². The molecule has 0 aromatic heterocycles. The number of hydrogen-bond donors (Lipinski definition) is 2. The molecular weight excluding hydrogens is 335 g/mol. The quantitative estimate of drug-likeness (QED) is 0.868. The fraction of sp³-hybridized carbons (Fsp3) is 0.235. The molecule has 0 saturated heterocycles. The van der Waals surface area contributed by atoms with Crippen LogP contribution in [-0.4, -0.2) is 18.7 Å². The highest BCUT2D eigenvalue weighted by Crippen LogP contribution is 2.32. The zero-order valence-corrected chi connectivity index (χ0v) is 13.7. The number of hydrogen-bond acceptors (Lipinski definition) is 4. The maximum absolute atomic E-state index is 13.0. The molecule has 0 bridgehead atoms. The van der Waals surface area contributed by atoms with E-state index in [9.17, 15) is 9.18 Å². The van der Waals surface area contributed by atoms with E-state index < -0.39 is 11.9 Å². The number of halogens is 2.